The van der Waals surface area contributed by atoms with Crippen LogP contribution in [0, 0.1) is 5.92 Å². The lowest BCUT2D eigenvalue weighted by Crippen LogP contribution is -2.30. The second-order valence-electron chi connectivity index (χ2n) is 6.00. The Morgan fingerprint density at radius 2 is 2.33 bits per heavy atom. The van der Waals surface area contributed by atoms with E-state index in [4.69, 9.17) is 21.1 Å². The number of nitrogens with zero attached hydrogens (tertiary/aromatic N) is 1. The summed E-state index contributed by atoms with van der Waals surface area (Å²) in [6, 6.07) is 3.03. The molecule has 0 aliphatic carbocycles. The number of halogens is 1. The zero-order chi connectivity index (χ0) is 15.5. The van der Waals surface area contributed by atoms with E-state index in [1.54, 1.807) is 13.2 Å². The number of hydrogen-bond acceptors (Lipinski definition) is 4. The molecule has 0 spiro atoms. The normalized spacial score (nSPS) is 27.0. The highest BCUT2D eigenvalue weighted by Gasteiger charge is 2.43. The van der Waals surface area contributed by atoms with Crippen LogP contribution < -0.4 is 0 Å². The molecule has 0 amide bonds. The van der Waals surface area contributed by atoms with Crippen LogP contribution in [0.4, 0.5) is 0 Å². The Bertz CT molecular complexity index is 462. The van der Waals surface area contributed by atoms with Gasteiger partial charge in [0.05, 0.1) is 18.4 Å². The molecule has 1 aliphatic heterocycles. The van der Waals surface area contributed by atoms with Gasteiger partial charge in [0.1, 0.15) is 16.5 Å². The Kier molecular flexibility index (Phi) is 5.47. The van der Waals surface area contributed by atoms with Crippen LogP contribution in [0.5, 0.6) is 5.75 Å². The molecular weight excluding hydrogens is 290 g/mol. The van der Waals surface area contributed by atoms with Crippen LogP contribution in [0.2, 0.25) is 5.15 Å². The van der Waals surface area contributed by atoms with Gasteiger partial charge >= 0.3 is 0 Å². The number of rotatable bonds is 6. The molecular formula is C16H24ClNO3. The molecule has 21 heavy (non-hydrogen) atoms. The van der Waals surface area contributed by atoms with Crippen molar-refractivity contribution in [1.82, 2.24) is 4.98 Å². The first kappa shape index (κ1) is 16.5. The zero-order valence-electron chi connectivity index (χ0n) is 12.9. The fourth-order valence-electron chi connectivity index (χ4n) is 3.09. The Morgan fingerprint density at radius 3 is 2.95 bits per heavy atom. The molecule has 118 valence electrons. The lowest BCUT2D eigenvalue weighted by atomic mass is 9.90. The molecule has 1 aliphatic rings. The van der Waals surface area contributed by atoms with E-state index in [0.717, 1.165) is 12.8 Å². The van der Waals surface area contributed by atoms with Crippen molar-refractivity contribution < 1.29 is 14.6 Å². The highest BCUT2D eigenvalue weighted by molar-refractivity contribution is 6.29. The minimum absolute atomic E-state index is 0.101. The summed E-state index contributed by atoms with van der Waals surface area (Å²) in [6.07, 6.45) is 4.31. The number of aromatic hydroxyl groups is 1. The highest BCUT2D eigenvalue weighted by Crippen LogP contribution is 2.39. The van der Waals surface area contributed by atoms with E-state index < -0.39 is 5.60 Å². The van der Waals surface area contributed by atoms with Gasteiger partial charge in [-0.2, -0.15) is 0 Å². The fourth-order valence-corrected chi connectivity index (χ4v) is 3.29. The molecule has 1 fully saturated rings. The summed E-state index contributed by atoms with van der Waals surface area (Å²) in [6.45, 7) is 4.90. The summed E-state index contributed by atoms with van der Waals surface area (Å²) in [5.41, 5.74) is 0.0274. The molecule has 2 heterocycles. The van der Waals surface area contributed by atoms with Crippen molar-refractivity contribution in [2.24, 2.45) is 5.92 Å². The molecule has 0 aromatic carbocycles. The molecule has 1 N–H and O–H groups in total. The molecule has 1 unspecified atom stereocenters. The van der Waals surface area contributed by atoms with Crippen molar-refractivity contribution in [3.8, 4) is 5.75 Å². The van der Waals surface area contributed by atoms with E-state index in [2.05, 4.69) is 18.8 Å². The van der Waals surface area contributed by atoms with Crippen molar-refractivity contribution in [3.05, 3.63) is 23.0 Å². The number of pyridine rings is 1. The third-order valence-corrected chi connectivity index (χ3v) is 4.39. The van der Waals surface area contributed by atoms with E-state index in [-0.39, 0.29) is 17.0 Å². The molecule has 5 heteroatoms. The molecule has 4 nitrogen and oxygen atoms in total. The first-order valence-corrected chi connectivity index (χ1v) is 7.90. The van der Waals surface area contributed by atoms with E-state index in [1.165, 1.54) is 18.9 Å². The predicted molar refractivity (Wildman–Crippen MR) is 82.6 cm³/mol. The van der Waals surface area contributed by atoms with Gasteiger partial charge < -0.3 is 14.6 Å². The van der Waals surface area contributed by atoms with Gasteiger partial charge in [-0.1, -0.05) is 38.3 Å². The molecule has 1 aromatic heterocycles. The van der Waals surface area contributed by atoms with Gasteiger partial charge in [0.15, 0.2) is 0 Å². The van der Waals surface area contributed by atoms with E-state index >= 15 is 0 Å². The van der Waals surface area contributed by atoms with Gasteiger partial charge in [0.2, 0.25) is 0 Å². The zero-order valence-corrected chi connectivity index (χ0v) is 13.7. The van der Waals surface area contributed by atoms with Crippen molar-refractivity contribution in [2.45, 2.75) is 51.2 Å². The number of ether oxygens (including phenoxy) is 2. The lowest BCUT2D eigenvalue weighted by Gasteiger charge is -2.26. The van der Waals surface area contributed by atoms with Gasteiger partial charge in [0.25, 0.3) is 0 Å². The third-order valence-electron chi connectivity index (χ3n) is 4.19. The standard InChI is InChI=1S/C16H24ClNO3/c1-4-5-11(2)6-13-9-16(20-3,10-21-13)14-7-12(19)8-15(17)18-14/h7-8,11,13H,4-6,9-10H2,1-3H3,(H,18,19)/t11-,13?,16-/m0/s1. The number of aromatic nitrogens is 1. The molecule has 2 rings (SSSR count). The van der Waals surface area contributed by atoms with E-state index in [0.29, 0.717) is 18.2 Å². The Labute approximate surface area is 131 Å². The molecule has 1 aromatic rings. The van der Waals surface area contributed by atoms with Gasteiger partial charge in [-0.15, -0.1) is 0 Å². The Balaban J connectivity index is 2.13. The first-order chi connectivity index (χ1) is 9.99. The maximum atomic E-state index is 9.72. The van der Waals surface area contributed by atoms with Crippen LogP contribution in [0.3, 0.4) is 0 Å². The summed E-state index contributed by atoms with van der Waals surface area (Å²) >= 11 is 5.94. The number of hydrogen-bond donors (Lipinski definition) is 1. The Morgan fingerprint density at radius 1 is 1.57 bits per heavy atom. The topological polar surface area (TPSA) is 51.6 Å². The van der Waals surface area contributed by atoms with Crippen molar-refractivity contribution in [2.75, 3.05) is 13.7 Å². The maximum absolute atomic E-state index is 9.72. The van der Waals surface area contributed by atoms with Crippen LogP contribution in [-0.2, 0) is 15.1 Å². The summed E-state index contributed by atoms with van der Waals surface area (Å²) in [4.78, 5) is 4.31. The lowest BCUT2D eigenvalue weighted by molar-refractivity contribution is -0.0265. The van der Waals surface area contributed by atoms with E-state index in [1.807, 2.05) is 0 Å². The molecule has 0 bridgehead atoms. The average molecular weight is 314 g/mol. The minimum Gasteiger partial charge on any atom is -0.508 e. The molecule has 0 radical (unpaired) electrons. The number of methoxy groups -OCH3 is 1. The SMILES string of the molecule is CCC[C@H](C)CC1C[C@@](OC)(c2cc(O)cc(Cl)n2)CO1. The van der Waals surface area contributed by atoms with Gasteiger partial charge in [0, 0.05) is 25.7 Å². The Hall–Kier alpha value is -0.840. The third kappa shape index (κ3) is 3.87. The first-order valence-electron chi connectivity index (χ1n) is 7.53. The van der Waals surface area contributed by atoms with Gasteiger partial charge in [-0.05, 0) is 12.3 Å². The largest absolute Gasteiger partial charge is 0.508 e. The molecule has 0 saturated carbocycles. The minimum atomic E-state index is -0.612. The van der Waals surface area contributed by atoms with Crippen LogP contribution in [0.15, 0.2) is 12.1 Å². The highest BCUT2D eigenvalue weighted by atomic mass is 35.5. The van der Waals surface area contributed by atoms with E-state index in [9.17, 15) is 5.11 Å². The smallest absolute Gasteiger partial charge is 0.135 e. The summed E-state index contributed by atoms with van der Waals surface area (Å²) in [5.74, 6) is 0.734. The maximum Gasteiger partial charge on any atom is 0.135 e. The van der Waals surface area contributed by atoms with Crippen molar-refractivity contribution in [1.29, 1.82) is 0 Å². The van der Waals surface area contributed by atoms with Crippen LogP contribution >= 0.6 is 11.6 Å². The van der Waals surface area contributed by atoms with Gasteiger partial charge in [-0.25, -0.2) is 4.98 Å². The second kappa shape index (κ2) is 6.95. The predicted octanol–water partition coefficient (Wildman–Crippen LogP) is 3.90. The van der Waals surface area contributed by atoms with Gasteiger partial charge in [-0.3, -0.25) is 0 Å². The van der Waals surface area contributed by atoms with Crippen LogP contribution in [0.1, 0.15) is 45.2 Å². The molecule has 1 saturated heterocycles. The monoisotopic (exact) mass is 313 g/mol. The quantitative estimate of drug-likeness (QED) is 0.809. The summed E-state index contributed by atoms with van der Waals surface area (Å²) in [5, 5.41) is 9.99. The van der Waals surface area contributed by atoms with Crippen LogP contribution in [0.25, 0.3) is 0 Å². The fraction of sp³-hybridized carbons (Fsp3) is 0.688. The van der Waals surface area contributed by atoms with Crippen molar-refractivity contribution >= 4 is 11.6 Å². The molecule has 3 atom stereocenters. The summed E-state index contributed by atoms with van der Waals surface area (Å²) in [7, 11) is 1.65. The van der Waals surface area contributed by atoms with Crippen LogP contribution in [-0.4, -0.2) is 29.9 Å². The summed E-state index contributed by atoms with van der Waals surface area (Å²) < 4.78 is 11.6. The average Bonchev–Trinajstić information content (AvgIpc) is 2.82. The van der Waals surface area contributed by atoms with Crippen molar-refractivity contribution in [3.63, 3.8) is 0 Å². The second-order valence-corrected chi connectivity index (χ2v) is 6.39.